The van der Waals surface area contributed by atoms with Crippen LogP contribution in [0.15, 0.2) is 66.4 Å². The number of hydrogen-bond donors (Lipinski definition) is 0. The van der Waals surface area contributed by atoms with Gasteiger partial charge in [0, 0.05) is 22.5 Å². The van der Waals surface area contributed by atoms with E-state index in [1.165, 1.54) is 5.56 Å². The minimum absolute atomic E-state index is 0.0254. The predicted molar refractivity (Wildman–Crippen MR) is 122 cm³/mol. The van der Waals surface area contributed by atoms with E-state index in [0.29, 0.717) is 0 Å². The van der Waals surface area contributed by atoms with Gasteiger partial charge in [-0.25, -0.2) is 9.53 Å². The first-order chi connectivity index (χ1) is 15.0. The fourth-order valence-corrected chi connectivity index (χ4v) is 5.57. The molecule has 2 aliphatic carbocycles. The number of fused-ring (bicyclic) bond motifs is 3. The zero-order valence-electron chi connectivity index (χ0n) is 18.1. The molecule has 4 heteroatoms. The summed E-state index contributed by atoms with van der Waals surface area (Å²) < 4.78 is 2.08. The second-order valence-electron chi connectivity index (χ2n) is 8.96. The summed E-state index contributed by atoms with van der Waals surface area (Å²) >= 11 is 0. The van der Waals surface area contributed by atoms with Gasteiger partial charge >= 0.3 is 0 Å². The highest BCUT2D eigenvalue weighted by atomic mass is 16.1. The quantitative estimate of drug-likeness (QED) is 0.512. The molecule has 0 saturated carbocycles. The van der Waals surface area contributed by atoms with Crippen LogP contribution in [-0.4, -0.2) is 15.6 Å². The number of benzene rings is 2. The Labute approximate surface area is 183 Å². The number of carbonyl (C=O) groups excluding carboxylic acids is 1. The van der Waals surface area contributed by atoms with E-state index in [-0.39, 0.29) is 23.3 Å². The van der Waals surface area contributed by atoms with Crippen LogP contribution in [0.1, 0.15) is 37.1 Å². The molecule has 31 heavy (non-hydrogen) atoms. The van der Waals surface area contributed by atoms with Crippen molar-refractivity contribution in [2.45, 2.75) is 39.0 Å². The Hall–Kier alpha value is -3.45. The summed E-state index contributed by atoms with van der Waals surface area (Å²) in [6.07, 6.45) is 3.69. The summed E-state index contributed by atoms with van der Waals surface area (Å²) in [5.41, 5.74) is 6.53. The molecular weight excluding hydrogens is 382 g/mol. The summed E-state index contributed by atoms with van der Waals surface area (Å²) in [5.74, 6) is -0.0413. The van der Waals surface area contributed by atoms with Crippen molar-refractivity contribution in [1.82, 2.24) is 9.78 Å². The summed E-state index contributed by atoms with van der Waals surface area (Å²) in [7, 11) is 0. The van der Waals surface area contributed by atoms with Crippen molar-refractivity contribution in [3.05, 3.63) is 94.6 Å². The number of aromatic nitrogens is 2. The van der Waals surface area contributed by atoms with Crippen molar-refractivity contribution < 1.29 is 4.79 Å². The van der Waals surface area contributed by atoms with E-state index in [2.05, 4.69) is 59.8 Å². The van der Waals surface area contributed by atoms with Gasteiger partial charge in [0.2, 0.25) is 5.70 Å². The Bertz CT molecular complexity index is 1260. The number of aryl methyl sites for hydroxylation is 1. The lowest BCUT2D eigenvalue weighted by Gasteiger charge is -2.44. The van der Waals surface area contributed by atoms with Crippen LogP contribution in [0, 0.1) is 25.3 Å². The Morgan fingerprint density at radius 2 is 1.84 bits per heavy atom. The minimum Gasteiger partial charge on any atom is -0.308 e. The Balaban J connectivity index is 1.82. The van der Waals surface area contributed by atoms with Crippen LogP contribution < -0.4 is 0 Å². The van der Waals surface area contributed by atoms with Crippen LogP contribution in [0.4, 0.5) is 0 Å². The Morgan fingerprint density at radius 3 is 2.55 bits per heavy atom. The van der Waals surface area contributed by atoms with Gasteiger partial charge in [0.15, 0.2) is 5.78 Å². The molecule has 0 fully saturated rings. The molecule has 3 atom stereocenters. The van der Waals surface area contributed by atoms with Crippen molar-refractivity contribution >= 4 is 5.78 Å². The third-order valence-corrected chi connectivity index (χ3v) is 7.19. The normalized spacial score (nSPS) is 24.7. The largest absolute Gasteiger partial charge is 0.308 e. The lowest BCUT2D eigenvalue weighted by molar-refractivity contribution is -0.121. The van der Waals surface area contributed by atoms with Crippen molar-refractivity contribution in [1.29, 1.82) is 0 Å². The Morgan fingerprint density at radius 1 is 1.13 bits per heavy atom. The van der Waals surface area contributed by atoms with E-state index in [1.807, 2.05) is 31.2 Å². The fourth-order valence-electron chi connectivity index (χ4n) is 5.57. The van der Waals surface area contributed by atoms with Crippen LogP contribution in [0.25, 0.3) is 21.8 Å². The molecule has 0 bridgehead atoms. The molecule has 1 heterocycles. The number of hydrogen-bond acceptors (Lipinski definition) is 2. The average Bonchev–Trinajstić information content (AvgIpc) is 3.18. The van der Waals surface area contributed by atoms with Gasteiger partial charge in [-0.3, -0.25) is 0 Å². The number of nitrogens with zero attached hydrogens (tertiary/aromatic N) is 3. The number of rotatable bonds is 2. The molecule has 0 saturated heterocycles. The number of ketones is 1. The van der Waals surface area contributed by atoms with E-state index < -0.39 is 5.41 Å². The molecule has 0 aliphatic heterocycles. The average molecular weight is 408 g/mol. The molecule has 0 radical (unpaired) electrons. The first-order valence-corrected chi connectivity index (χ1v) is 10.8. The number of Topliss-reactive ketones (excluding diaryl/α,β-unsaturated/α-hetero) is 1. The second-order valence-corrected chi connectivity index (χ2v) is 8.96. The highest BCUT2D eigenvalue weighted by molar-refractivity contribution is 6.00. The molecule has 0 spiro atoms. The molecule has 1 aromatic heterocycles. The lowest BCUT2D eigenvalue weighted by Crippen LogP contribution is -2.45. The first-order valence-electron chi connectivity index (χ1n) is 10.8. The number of carbonyl (C=O) groups is 1. The van der Waals surface area contributed by atoms with Crippen LogP contribution in [0.2, 0.25) is 0 Å². The highest BCUT2D eigenvalue weighted by Gasteiger charge is 2.50. The van der Waals surface area contributed by atoms with Crippen LogP contribution in [0.3, 0.4) is 0 Å². The van der Waals surface area contributed by atoms with E-state index in [1.54, 1.807) is 0 Å². The smallest absolute Gasteiger partial charge is 0.226 e. The topological polar surface area (TPSA) is 39.2 Å². The molecule has 2 aromatic carbocycles. The van der Waals surface area contributed by atoms with Crippen LogP contribution >= 0.6 is 0 Å². The molecule has 4 nitrogen and oxygen atoms in total. The van der Waals surface area contributed by atoms with Crippen molar-refractivity contribution in [3.63, 3.8) is 0 Å². The SMILES string of the molecule is [C-]#[N+]C1=C[C@@]2(C)c3nn(-c4ccccc4C)c(-c4ccccc4)c3CC[C@@H]2[C@@H](C)C1=O. The van der Waals surface area contributed by atoms with E-state index in [9.17, 15) is 4.79 Å². The maximum atomic E-state index is 12.7. The van der Waals surface area contributed by atoms with Crippen molar-refractivity contribution in [3.8, 4) is 16.9 Å². The number of allylic oxidation sites excluding steroid dienone is 2. The zero-order chi connectivity index (χ0) is 21.8. The van der Waals surface area contributed by atoms with E-state index in [4.69, 9.17) is 11.7 Å². The lowest BCUT2D eigenvalue weighted by atomic mass is 9.58. The Kier molecular flexibility index (Phi) is 4.44. The van der Waals surface area contributed by atoms with Crippen molar-refractivity contribution in [2.75, 3.05) is 0 Å². The summed E-state index contributed by atoms with van der Waals surface area (Å²) in [6, 6.07) is 18.7. The maximum absolute atomic E-state index is 12.7. The summed E-state index contributed by atoms with van der Waals surface area (Å²) in [5, 5.41) is 5.20. The van der Waals surface area contributed by atoms with E-state index in [0.717, 1.165) is 41.0 Å². The molecule has 154 valence electrons. The molecule has 0 amide bonds. The molecule has 0 unspecified atom stereocenters. The van der Waals surface area contributed by atoms with Gasteiger partial charge in [-0.1, -0.05) is 68.5 Å². The third-order valence-electron chi connectivity index (χ3n) is 7.19. The van der Waals surface area contributed by atoms with Crippen LogP contribution in [0.5, 0.6) is 0 Å². The van der Waals surface area contributed by atoms with Crippen molar-refractivity contribution in [2.24, 2.45) is 11.8 Å². The van der Waals surface area contributed by atoms with Gasteiger partial charge in [0.25, 0.3) is 0 Å². The van der Waals surface area contributed by atoms with Gasteiger partial charge < -0.3 is 4.79 Å². The molecule has 5 rings (SSSR count). The van der Waals surface area contributed by atoms with Gasteiger partial charge in [0.1, 0.15) is 0 Å². The fraction of sp³-hybridized carbons (Fsp3) is 0.296. The molecule has 3 aromatic rings. The minimum atomic E-state index is -0.432. The van der Waals surface area contributed by atoms with Crippen LogP contribution in [-0.2, 0) is 16.6 Å². The number of para-hydroxylation sites is 1. The monoisotopic (exact) mass is 407 g/mol. The highest BCUT2D eigenvalue weighted by Crippen LogP contribution is 2.51. The second kappa shape index (κ2) is 7.06. The van der Waals surface area contributed by atoms with E-state index >= 15 is 0 Å². The van der Waals surface area contributed by atoms with Gasteiger partial charge in [-0.15, -0.1) is 0 Å². The first kappa shape index (κ1) is 19.5. The van der Waals surface area contributed by atoms with Gasteiger partial charge in [0.05, 0.1) is 23.6 Å². The summed E-state index contributed by atoms with van der Waals surface area (Å²) in [6.45, 7) is 13.8. The van der Waals surface area contributed by atoms with Gasteiger partial charge in [-0.2, -0.15) is 5.10 Å². The molecule has 2 aliphatic rings. The summed E-state index contributed by atoms with van der Waals surface area (Å²) in [4.78, 5) is 16.3. The molecular formula is C27H25N3O. The zero-order valence-corrected chi connectivity index (χ0v) is 18.1. The molecule has 0 N–H and O–H groups in total. The third kappa shape index (κ3) is 2.80. The standard InChI is InChI=1S/C27H25N3O/c1-17-10-8-9-13-23(17)30-24(19-11-6-5-7-12-19)20-14-15-21-18(2)25(31)22(28-4)16-27(21,3)26(20)29-30/h5-13,16,18,21H,14-15H2,1-3H3/t18-,21-,27-/m1/s1. The van der Waals surface area contributed by atoms with Gasteiger partial charge in [-0.05, 0) is 37.3 Å². The predicted octanol–water partition coefficient (Wildman–Crippen LogP) is 5.69. The maximum Gasteiger partial charge on any atom is 0.226 e.